The summed E-state index contributed by atoms with van der Waals surface area (Å²) in [5.74, 6) is 0.215. The minimum Gasteiger partial charge on any atom is -0.349 e. The average Bonchev–Trinajstić information content (AvgIpc) is 2.91. The van der Waals surface area contributed by atoms with Crippen LogP contribution in [0.25, 0.3) is 0 Å². The Hall–Kier alpha value is -1.40. The molecule has 5 nitrogen and oxygen atoms in total. The summed E-state index contributed by atoms with van der Waals surface area (Å²) >= 11 is 0. The molecule has 2 rings (SSSR count). The maximum atomic E-state index is 12.0. The number of benzene rings is 1. The van der Waals surface area contributed by atoms with E-state index in [2.05, 4.69) is 5.32 Å². The smallest absolute Gasteiger partial charge is 0.238 e. The van der Waals surface area contributed by atoms with Crippen LogP contribution in [0.1, 0.15) is 44.2 Å². The first-order chi connectivity index (χ1) is 9.38. The summed E-state index contributed by atoms with van der Waals surface area (Å²) in [6.07, 6.45) is 4.16. The number of carbonyl (C=O) groups excluding carboxylic acids is 1. The highest BCUT2D eigenvalue weighted by atomic mass is 32.2. The van der Waals surface area contributed by atoms with Gasteiger partial charge in [-0.1, -0.05) is 25.0 Å². The van der Waals surface area contributed by atoms with Crippen LogP contribution in [-0.2, 0) is 14.8 Å². The normalized spacial score (nSPS) is 17.9. The third-order valence-electron chi connectivity index (χ3n) is 3.79. The molecule has 1 amide bonds. The highest BCUT2D eigenvalue weighted by molar-refractivity contribution is 7.89. The van der Waals surface area contributed by atoms with Gasteiger partial charge in [0, 0.05) is 5.92 Å². The van der Waals surface area contributed by atoms with Crippen molar-refractivity contribution in [2.24, 2.45) is 11.1 Å². The second-order valence-corrected chi connectivity index (χ2v) is 6.89. The fourth-order valence-electron chi connectivity index (χ4n) is 2.55. The van der Waals surface area contributed by atoms with Crippen LogP contribution in [0, 0.1) is 5.92 Å². The Morgan fingerprint density at radius 2 is 1.80 bits per heavy atom. The zero-order valence-corrected chi connectivity index (χ0v) is 12.3. The van der Waals surface area contributed by atoms with Crippen molar-refractivity contribution in [2.75, 3.05) is 0 Å². The lowest BCUT2D eigenvalue weighted by atomic mass is 10.0. The van der Waals surface area contributed by atoms with Crippen LogP contribution >= 0.6 is 0 Å². The van der Waals surface area contributed by atoms with E-state index in [9.17, 15) is 13.2 Å². The van der Waals surface area contributed by atoms with E-state index in [0.29, 0.717) is 0 Å². The Balaban J connectivity index is 2.02. The molecule has 1 aliphatic carbocycles. The SMILES string of the molecule is CC(NC(=O)C1CCCC1)c1ccc(S(N)(=O)=O)cc1. The van der Waals surface area contributed by atoms with E-state index < -0.39 is 10.0 Å². The summed E-state index contributed by atoms with van der Waals surface area (Å²) in [6, 6.07) is 6.14. The van der Waals surface area contributed by atoms with Crippen LogP contribution in [-0.4, -0.2) is 14.3 Å². The molecule has 20 heavy (non-hydrogen) atoms. The second kappa shape index (κ2) is 5.93. The molecule has 0 saturated heterocycles. The number of amides is 1. The van der Waals surface area contributed by atoms with E-state index in [1.54, 1.807) is 12.1 Å². The van der Waals surface area contributed by atoms with Gasteiger partial charge in [-0.2, -0.15) is 0 Å². The van der Waals surface area contributed by atoms with Crippen molar-refractivity contribution in [3.63, 3.8) is 0 Å². The molecule has 1 fully saturated rings. The first-order valence-electron chi connectivity index (χ1n) is 6.81. The zero-order chi connectivity index (χ0) is 14.8. The average molecular weight is 296 g/mol. The number of nitrogens with two attached hydrogens (primary N) is 1. The minimum absolute atomic E-state index is 0.0792. The maximum Gasteiger partial charge on any atom is 0.238 e. The van der Waals surface area contributed by atoms with E-state index in [1.165, 1.54) is 12.1 Å². The van der Waals surface area contributed by atoms with E-state index >= 15 is 0 Å². The predicted octanol–water partition coefficient (Wildman–Crippen LogP) is 1.70. The molecule has 1 aromatic rings. The van der Waals surface area contributed by atoms with Crippen molar-refractivity contribution < 1.29 is 13.2 Å². The summed E-state index contributed by atoms with van der Waals surface area (Å²) in [6.45, 7) is 1.89. The molecular formula is C14H20N2O3S. The molecule has 0 spiro atoms. The lowest BCUT2D eigenvalue weighted by Crippen LogP contribution is -2.31. The molecule has 6 heteroatoms. The third-order valence-corrected chi connectivity index (χ3v) is 4.72. The van der Waals surface area contributed by atoms with E-state index in [0.717, 1.165) is 31.2 Å². The van der Waals surface area contributed by atoms with Crippen LogP contribution in [0.3, 0.4) is 0 Å². The number of primary sulfonamides is 1. The van der Waals surface area contributed by atoms with Gasteiger partial charge in [0.25, 0.3) is 0 Å². The lowest BCUT2D eigenvalue weighted by Gasteiger charge is -2.17. The number of hydrogen-bond donors (Lipinski definition) is 2. The maximum absolute atomic E-state index is 12.0. The van der Waals surface area contributed by atoms with Gasteiger partial charge in [0.2, 0.25) is 15.9 Å². The summed E-state index contributed by atoms with van der Waals surface area (Å²) in [5.41, 5.74) is 0.865. The van der Waals surface area contributed by atoms with Gasteiger partial charge >= 0.3 is 0 Å². The van der Waals surface area contributed by atoms with Crippen molar-refractivity contribution >= 4 is 15.9 Å². The first kappa shape index (κ1) is 15.0. The molecule has 1 saturated carbocycles. The van der Waals surface area contributed by atoms with Gasteiger partial charge in [-0.3, -0.25) is 4.79 Å². The van der Waals surface area contributed by atoms with Gasteiger partial charge in [-0.25, -0.2) is 13.6 Å². The molecule has 0 heterocycles. The number of hydrogen-bond acceptors (Lipinski definition) is 3. The molecule has 0 radical (unpaired) electrons. The highest BCUT2D eigenvalue weighted by Gasteiger charge is 2.23. The Kier molecular flexibility index (Phi) is 4.45. The van der Waals surface area contributed by atoms with Crippen LogP contribution in [0.2, 0.25) is 0 Å². The number of carbonyl (C=O) groups is 1. The molecule has 1 unspecified atom stereocenters. The fraction of sp³-hybridized carbons (Fsp3) is 0.500. The Morgan fingerprint density at radius 3 is 2.30 bits per heavy atom. The molecule has 1 aliphatic rings. The van der Waals surface area contributed by atoms with Crippen LogP contribution in [0.4, 0.5) is 0 Å². The fourth-order valence-corrected chi connectivity index (χ4v) is 3.06. The molecular weight excluding hydrogens is 276 g/mol. The largest absolute Gasteiger partial charge is 0.349 e. The van der Waals surface area contributed by atoms with Gasteiger partial charge in [-0.15, -0.1) is 0 Å². The van der Waals surface area contributed by atoms with E-state index in [4.69, 9.17) is 5.14 Å². The van der Waals surface area contributed by atoms with Gasteiger partial charge in [0.05, 0.1) is 10.9 Å². The molecule has 110 valence electrons. The van der Waals surface area contributed by atoms with Crippen molar-refractivity contribution in [1.82, 2.24) is 5.32 Å². The second-order valence-electron chi connectivity index (χ2n) is 5.33. The van der Waals surface area contributed by atoms with Crippen LogP contribution < -0.4 is 10.5 Å². The van der Waals surface area contributed by atoms with Crippen LogP contribution in [0.5, 0.6) is 0 Å². The first-order valence-corrected chi connectivity index (χ1v) is 8.35. The Labute approximate surface area is 119 Å². The van der Waals surface area contributed by atoms with Gasteiger partial charge in [0.1, 0.15) is 0 Å². The lowest BCUT2D eigenvalue weighted by molar-refractivity contribution is -0.125. The standard InChI is InChI=1S/C14H20N2O3S/c1-10(16-14(17)12-4-2-3-5-12)11-6-8-13(9-7-11)20(15,18)19/h6-10,12H,2-5H2,1H3,(H,16,17)(H2,15,18,19). The van der Waals surface area contributed by atoms with Gasteiger partial charge in [-0.05, 0) is 37.5 Å². The van der Waals surface area contributed by atoms with Crippen molar-refractivity contribution in [3.05, 3.63) is 29.8 Å². The Bertz CT molecular complexity index is 575. The van der Waals surface area contributed by atoms with Crippen molar-refractivity contribution in [3.8, 4) is 0 Å². The topological polar surface area (TPSA) is 89.3 Å². The monoisotopic (exact) mass is 296 g/mol. The molecule has 1 aromatic carbocycles. The number of sulfonamides is 1. The predicted molar refractivity (Wildman–Crippen MR) is 76.3 cm³/mol. The summed E-state index contributed by atoms with van der Waals surface area (Å²) < 4.78 is 22.3. The highest BCUT2D eigenvalue weighted by Crippen LogP contribution is 2.25. The molecule has 1 atom stereocenters. The van der Waals surface area contributed by atoms with Gasteiger partial charge < -0.3 is 5.32 Å². The molecule has 0 aliphatic heterocycles. The molecule has 3 N–H and O–H groups in total. The van der Waals surface area contributed by atoms with Crippen molar-refractivity contribution in [1.29, 1.82) is 0 Å². The third kappa shape index (κ3) is 3.58. The quantitative estimate of drug-likeness (QED) is 0.886. The summed E-state index contributed by atoms with van der Waals surface area (Å²) in [7, 11) is -3.67. The zero-order valence-electron chi connectivity index (χ0n) is 11.5. The Morgan fingerprint density at radius 1 is 1.25 bits per heavy atom. The summed E-state index contributed by atoms with van der Waals surface area (Å²) in [4.78, 5) is 12.1. The number of nitrogens with one attached hydrogen (secondary N) is 1. The minimum atomic E-state index is -3.67. The molecule has 0 aromatic heterocycles. The molecule has 0 bridgehead atoms. The summed E-state index contributed by atoms with van der Waals surface area (Å²) in [5, 5.41) is 8.03. The van der Waals surface area contributed by atoms with Crippen LogP contribution in [0.15, 0.2) is 29.2 Å². The number of rotatable bonds is 4. The van der Waals surface area contributed by atoms with Crippen molar-refractivity contribution in [2.45, 2.75) is 43.5 Å². The van der Waals surface area contributed by atoms with Gasteiger partial charge in [0.15, 0.2) is 0 Å². The van der Waals surface area contributed by atoms with E-state index in [-0.39, 0.29) is 22.8 Å². The van der Waals surface area contributed by atoms with E-state index in [1.807, 2.05) is 6.92 Å².